The molecule has 214 valence electrons. The van der Waals surface area contributed by atoms with Crippen LogP contribution in [0.2, 0.25) is 0 Å². The van der Waals surface area contributed by atoms with Crippen molar-refractivity contribution in [3.8, 4) is 0 Å². The molecular weight excluding hydrogens is 488 g/mol. The van der Waals surface area contributed by atoms with E-state index in [1.165, 1.54) is 45.4 Å². The minimum atomic E-state index is -3.64. The number of carbonyl (C=O) groups excluding carboxylic acids is 1. The highest BCUT2D eigenvalue weighted by atomic mass is 32.2. The van der Waals surface area contributed by atoms with Crippen molar-refractivity contribution in [2.75, 3.05) is 6.26 Å². The van der Waals surface area contributed by atoms with E-state index in [1.807, 2.05) is 0 Å². The first kappa shape index (κ1) is 29.3. The lowest BCUT2D eigenvalue weighted by molar-refractivity contribution is -0.268. The Balaban J connectivity index is 1.59. The second-order valence-electron chi connectivity index (χ2n) is 14.2. The van der Waals surface area contributed by atoms with Gasteiger partial charge >= 0.3 is 5.97 Å². The molecule has 0 heterocycles. The van der Waals surface area contributed by atoms with Gasteiger partial charge in [-0.3, -0.25) is 8.98 Å². The zero-order chi connectivity index (χ0) is 27.4. The molecule has 7 heteroatoms. The molecule has 0 aromatic heterocycles. The molecule has 0 radical (unpaired) electrons. The lowest BCUT2D eigenvalue weighted by Crippen LogP contribution is -2.69. The van der Waals surface area contributed by atoms with Crippen LogP contribution in [0.4, 0.5) is 0 Å². The van der Waals surface area contributed by atoms with Crippen molar-refractivity contribution in [1.29, 1.82) is 0 Å². The number of fused-ring (bicyclic) bond motifs is 5. The summed E-state index contributed by atoms with van der Waals surface area (Å²) in [5.74, 6) is 3.15. The van der Waals surface area contributed by atoms with Crippen LogP contribution in [0.15, 0.2) is 0 Å². The van der Waals surface area contributed by atoms with Crippen LogP contribution in [0, 0.1) is 46.3 Å². The summed E-state index contributed by atoms with van der Waals surface area (Å²) in [6.45, 7) is 13.2. The van der Waals surface area contributed by atoms with E-state index in [9.17, 15) is 18.3 Å². The Hall–Kier alpha value is -0.660. The summed E-state index contributed by atoms with van der Waals surface area (Å²) < 4.78 is 35.0. The lowest BCUT2D eigenvalue weighted by atomic mass is 9.42. The highest BCUT2D eigenvalue weighted by Crippen LogP contribution is 2.69. The van der Waals surface area contributed by atoms with Gasteiger partial charge in [0, 0.05) is 18.8 Å². The predicted octanol–water partition coefficient (Wildman–Crippen LogP) is 6.11. The van der Waals surface area contributed by atoms with Crippen LogP contribution in [-0.4, -0.2) is 43.6 Å². The number of carbonyl (C=O) groups is 1. The van der Waals surface area contributed by atoms with Gasteiger partial charge in [-0.1, -0.05) is 53.9 Å². The van der Waals surface area contributed by atoms with Crippen molar-refractivity contribution in [3.05, 3.63) is 0 Å². The van der Waals surface area contributed by atoms with Crippen LogP contribution in [0.5, 0.6) is 0 Å². The number of hydrogen-bond acceptors (Lipinski definition) is 6. The first-order valence-corrected chi connectivity index (χ1v) is 16.7. The first-order chi connectivity index (χ1) is 17.1. The summed E-state index contributed by atoms with van der Waals surface area (Å²) in [6, 6.07) is 0. The highest BCUT2D eigenvalue weighted by molar-refractivity contribution is 7.86. The van der Waals surface area contributed by atoms with Crippen LogP contribution in [0.1, 0.15) is 112 Å². The fourth-order valence-electron chi connectivity index (χ4n) is 9.91. The molecule has 37 heavy (non-hydrogen) atoms. The molecule has 0 bridgehead atoms. The number of rotatable bonds is 8. The van der Waals surface area contributed by atoms with Crippen LogP contribution >= 0.6 is 0 Å². The van der Waals surface area contributed by atoms with E-state index in [1.54, 1.807) is 0 Å². The Bertz CT molecular complexity index is 948. The van der Waals surface area contributed by atoms with Crippen LogP contribution in [0.25, 0.3) is 0 Å². The van der Waals surface area contributed by atoms with E-state index in [2.05, 4.69) is 34.6 Å². The molecule has 4 fully saturated rings. The minimum Gasteiger partial charge on any atom is -0.459 e. The Labute approximate surface area is 225 Å². The zero-order valence-electron chi connectivity index (χ0n) is 24.3. The van der Waals surface area contributed by atoms with Crippen LogP contribution < -0.4 is 0 Å². The quantitative estimate of drug-likeness (QED) is 0.295. The molecule has 0 aromatic carbocycles. The molecule has 1 N–H and O–H groups in total. The molecule has 0 saturated heterocycles. The maximum atomic E-state index is 12.3. The summed E-state index contributed by atoms with van der Waals surface area (Å²) in [6.07, 6.45) is 10.6. The van der Waals surface area contributed by atoms with Crippen molar-refractivity contribution >= 4 is 16.1 Å². The van der Waals surface area contributed by atoms with Gasteiger partial charge in [0.05, 0.1) is 12.4 Å². The third-order valence-corrected chi connectivity index (χ3v) is 12.2. The summed E-state index contributed by atoms with van der Waals surface area (Å²) in [7, 11) is -3.64. The molecule has 0 unspecified atom stereocenters. The summed E-state index contributed by atoms with van der Waals surface area (Å²) in [5, 5.41) is 12.3. The summed E-state index contributed by atoms with van der Waals surface area (Å²) >= 11 is 0. The van der Waals surface area contributed by atoms with E-state index in [0.29, 0.717) is 48.3 Å². The molecular formula is C30H52O6S. The smallest absolute Gasteiger partial charge is 0.303 e. The standard InChI is InChI=1S/C30H52O6S/c1-19(2)9-8-10-20(3)24-11-12-25-23-17-27(35-21(4)31)30(32)18-22(36-37(7,33)34)13-16-29(30,6)26(23)14-15-28(24,25)5/h19-20,22-27,32H,8-18H2,1-7H3/t20-,22-,23-,24+,25-,26-,27-,28+,29+,30-/m0/s1. The summed E-state index contributed by atoms with van der Waals surface area (Å²) in [5.41, 5.74) is -1.43. The normalized spacial score (nSPS) is 44.6. The molecule has 0 aromatic rings. The highest BCUT2D eigenvalue weighted by Gasteiger charge is 2.68. The van der Waals surface area contributed by atoms with E-state index in [-0.39, 0.29) is 12.4 Å². The van der Waals surface area contributed by atoms with Gasteiger partial charge in [-0.15, -0.1) is 0 Å². The predicted molar refractivity (Wildman–Crippen MR) is 145 cm³/mol. The molecule has 0 amide bonds. The van der Waals surface area contributed by atoms with Gasteiger partial charge in [0.2, 0.25) is 0 Å². The fourth-order valence-corrected chi connectivity index (χ4v) is 10.6. The third-order valence-electron chi connectivity index (χ3n) is 11.6. The number of aliphatic hydroxyl groups is 1. The largest absolute Gasteiger partial charge is 0.459 e. The molecule has 0 spiro atoms. The Morgan fingerprint density at radius 3 is 2.35 bits per heavy atom. The van der Waals surface area contributed by atoms with Crippen molar-refractivity contribution in [3.63, 3.8) is 0 Å². The van der Waals surface area contributed by atoms with E-state index >= 15 is 0 Å². The monoisotopic (exact) mass is 540 g/mol. The minimum absolute atomic E-state index is 0.190. The Kier molecular flexibility index (Phi) is 8.23. The second kappa shape index (κ2) is 10.4. The topological polar surface area (TPSA) is 89.9 Å². The molecule has 6 nitrogen and oxygen atoms in total. The van der Waals surface area contributed by atoms with Gasteiger partial charge in [-0.25, -0.2) is 0 Å². The maximum absolute atomic E-state index is 12.3. The van der Waals surface area contributed by atoms with Gasteiger partial charge in [-0.2, -0.15) is 8.42 Å². The van der Waals surface area contributed by atoms with Gasteiger partial charge in [-0.05, 0) is 85.9 Å². The van der Waals surface area contributed by atoms with Crippen molar-refractivity contribution in [2.24, 2.45) is 46.3 Å². The maximum Gasteiger partial charge on any atom is 0.303 e. The molecule has 4 saturated carbocycles. The first-order valence-electron chi connectivity index (χ1n) is 14.9. The van der Waals surface area contributed by atoms with Crippen LogP contribution in [0.3, 0.4) is 0 Å². The SMILES string of the molecule is CC(=O)O[C@H]1C[C@H]2[C@@H]3CC[C@H]([C@@H](C)CCCC(C)C)[C@@]3(C)CC[C@@H]2[C@@]2(C)CC[C@H](OS(C)(=O)=O)C[C@]12O. The van der Waals surface area contributed by atoms with Crippen LogP contribution in [-0.2, 0) is 23.8 Å². The molecule has 4 aliphatic carbocycles. The van der Waals surface area contributed by atoms with E-state index in [0.717, 1.165) is 24.5 Å². The molecule has 10 atom stereocenters. The van der Waals surface area contributed by atoms with Crippen molar-refractivity contribution in [2.45, 2.75) is 130 Å². The van der Waals surface area contributed by atoms with Crippen molar-refractivity contribution in [1.82, 2.24) is 0 Å². The number of esters is 1. The van der Waals surface area contributed by atoms with Gasteiger partial charge < -0.3 is 9.84 Å². The molecule has 4 rings (SSSR count). The second-order valence-corrected chi connectivity index (χ2v) is 15.8. The number of ether oxygens (including phenoxy) is 1. The van der Waals surface area contributed by atoms with Gasteiger partial charge in [0.15, 0.2) is 0 Å². The zero-order valence-corrected chi connectivity index (χ0v) is 25.1. The van der Waals surface area contributed by atoms with Crippen molar-refractivity contribution < 1.29 is 27.2 Å². The Morgan fingerprint density at radius 2 is 1.73 bits per heavy atom. The van der Waals surface area contributed by atoms with Gasteiger partial charge in [0.25, 0.3) is 10.1 Å². The van der Waals surface area contributed by atoms with E-state index < -0.39 is 33.3 Å². The van der Waals surface area contributed by atoms with Gasteiger partial charge in [0.1, 0.15) is 11.7 Å². The molecule has 0 aliphatic heterocycles. The lowest BCUT2D eigenvalue weighted by Gasteiger charge is -2.65. The number of hydrogen-bond donors (Lipinski definition) is 1. The average Bonchev–Trinajstić information content (AvgIpc) is 3.11. The average molecular weight is 541 g/mol. The summed E-state index contributed by atoms with van der Waals surface area (Å²) in [4.78, 5) is 12.2. The third kappa shape index (κ3) is 5.39. The molecule has 4 aliphatic rings. The van der Waals surface area contributed by atoms with E-state index in [4.69, 9.17) is 8.92 Å². The fraction of sp³-hybridized carbons (Fsp3) is 0.967. The Morgan fingerprint density at radius 1 is 1.03 bits per heavy atom.